The molecule has 5 rings (SSSR count). The maximum absolute atomic E-state index is 10.6. The Hall–Kier alpha value is -3.23. The predicted molar refractivity (Wildman–Crippen MR) is 128 cm³/mol. The maximum atomic E-state index is 10.6. The lowest BCUT2D eigenvalue weighted by Crippen LogP contribution is -2.46. The number of nitrogens with zero attached hydrogens (tertiary/aromatic N) is 4. The fraction of sp³-hybridized carbons (Fsp3) is 0.292. The van der Waals surface area contributed by atoms with Crippen molar-refractivity contribution in [2.24, 2.45) is 0 Å². The van der Waals surface area contributed by atoms with Crippen LogP contribution in [0.15, 0.2) is 60.9 Å². The molecule has 8 heteroatoms. The fourth-order valence-corrected chi connectivity index (χ4v) is 4.99. The molecule has 0 bridgehead atoms. The first-order chi connectivity index (χ1) is 15.5. The molecule has 0 aliphatic carbocycles. The zero-order valence-corrected chi connectivity index (χ0v) is 18.8. The van der Waals surface area contributed by atoms with E-state index in [0.717, 1.165) is 40.4 Å². The minimum absolute atomic E-state index is 0.0260. The molecule has 2 N–H and O–H groups in total. The minimum Gasteiger partial charge on any atom is -0.436 e. The van der Waals surface area contributed by atoms with Crippen LogP contribution >= 0.6 is 11.3 Å². The molecule has 1 aliphatic rings. The molecule has 7 nitrogen and oxygen atoms in total. The summed E-state index contributed by atoms with van der Waals surface area (Å²) in [5.74, 6) is 1.77. The van der Waals surface area contributed by atoms with E-state index in [0.29, 0.717) is 17.4 Å². The highest BCUT2D eigenvalue weighted by atomic mass is 32.1. The van der Waals surface area contributed by atoms with E-state index >= 15 is 0 Å². The Labute approximate surface area is 190 Å². The third-order valence-corrected chi connectivity index (χ3v) is 6.55. The number of fused-ring (bicyclic) bond motifs is 1. The van der Waals surface area contributed by atoms with Crippen molar-refractivity contribution in [2.45, 2.75) is 38.3 Å². The van der Waals surface area contributed by atoms with Gasteiger partial charge < -0.3 is 20.1 Å². The summed E-state index contributed by atoms with van der Waals surface area (Å²) >= 11 is 1.62. The van der Waals surface area contributed by atoms with Gasteiger partial charge in [-0.3, -0.25) is 0 Å². The van der Waals surface area contributed by atoms with Crippen LogP contribution in [0.3, 0.4) is 0 Å². The van der Waals surface area contributed by atoms with Gasteiger partial charge in [0.2, 0.25) is 0 Å². The second-order valence-corrected chi connectivity index (χ2v) is 9.46. The molecular formula is C24H25N5O2S. The molecule has 2 aromatic carbocycles. The summed E-state index contributed by atoms with van der Waals surface area (Å²) in [6.07, 6.45) is 5.19. The number of hydrogen-bond donors (Lipinski definition) is 2. The van der Waals surface area contributed by atoms with Crippen molar-refractivity contribution in [2.75, 3.05) is 16.8 Å². The van der Waals surface area contributed by atoms with Gasteiger partial charge in [-0.25, -0.2) is 15.0 Å². The highest BCUT2D eigenvalue weighted by Crippen LogP contribution is 2.36. The number of rotatable bonds is 6. The second kappa shape index (κ2) is 8.37. The van der Waals surface area contributed by atoms with Crippen LogP contribution in [0.2, 0.25) is 0 Å². The SMILES string of the molecule is CC(C)(O)C1CCCN1c1nccnc1Oc1ccc(Nc2nc3ccccc3s2)cc1. The van der Waals surface area contributed by atoms with Crippen LogP contribution < -0.4 is 15.0 Å². The Morgan fingerprint density at radius 2 is 1.88 bits per heavy atom. The zero-order chi connectivity index (χ0) is 22.1. The van der Waals surface area contributed by atoms with E-state index in [-0.39, 0.29) is 6.04 Å². The second-order valence-electron chi connectivity index (χ2n) is 8.43. The Bertz CT molecular complexity index is 1190. The molecule has 1 aliphatic heterocycles. The normalized spacial score (nSPS) is 16.5. The number of thiazole rings is 1. The first-order valence-corrected chi connectivity index (χ1v) is 11.5. The molecule has 0 spiro atoms. The molecule has 0 radical (unpaired) electrons. The molecule has 1 fully saturated rings. The van der Waals surface area contributed by atoms with E-state index in [9.17, 15) is 5.11 Å². The molecule has 32 heavy (non-hydrogen) atoms. The van der Waals surface area contributed by atoms with Gasteiger partial charge in [0.1, 0.15) is 5.75 Å². The summed E-state index contributed by atoms with van der Waals surface area (Å²) in [4.78, 5) is 15.7. The van der Waals surface area contributed by atoms with Crippen molar-refractivity contribution in [3.8, 4) is 11.6 Å². The lowest BCUT2D eigenvalue weighted by molar-refractivity contribution is 0.0532. The molecular weight excluding hydrogens is 422 g/mol. The Balaban J connectivity index is 1.33. The van der Waals surface area contributed by atoms with E-state index in [2.05, 4.69) is 31.2 Å². The smallest absolute Gasteiger partial charge is 0.263 e. The van der Waals surface area contributed by atoms with Gasteiger partial charge in [-0.15, -0.1) is 0 Å². The van der Waals surface area contributed by atoms with E-state index < -0.39 is 5.60 Å². The van der Waals surface area contributed by atoms with Crippen LogP contribution in [0.5, 0.6) is 11.6 Å². The van der Waals surface area contributed by atoms with Gasteiger partial charge in [-0.1, -0.05) is 23.5 Å². The van der Waals surface area contributed by atoms with E-state index in [1.54, 1.807) is 23.7 Å². The first-order valence-electron chi connectivity index (χ1n) is 10.7. The van der Waals surface area contributed by atoms with Crippen molar-refractivity contribution in [3.05, 3.63) is 60.9 Å². The minimum atomic E-state index is -0.834. The molecule has 1 saturated heterocycles. The highest BCUT2D eigenvalue weighted by Gasteiger charge is 2.38. The van der Waals surface area contributed by atoms with Crippen LogP contribution in [0, 0.1) is 0 Å². The van der Waals surface area contributed by atoms with Gasteiger partial charge in [-0.05, 0) is 63.1 Å². The molecule has 2 aromatic heterocycles. The molecule has 1 unspecified atom stereocenters. The average molecular weight is 448 g/mol. The molecule has 164 valence electrons. The van der Waals surface area contributed by atoms with Crippen molar-refractivity contribution in [1.29, 1.82) is 0 Å². The third kappa shape index (κ3) is 4.24. The number of anilines is 3. The Morgan fingerprint density at radius 1 is 1.09 bits per heavy atom. The Morgan fingerprint density at radius 3 is 2.66 bits per heavy atom. The number of nitrogens with one attached hydrogen (secondary N) is 1. The summed E-state index contributed by atoms with van der Waals surface area (Å²) in [7, 11) is 0. The molecule has 0 saturated carbocycles. The van der Waals surface area contributed by atoms with E-state index in [1.807, 2.05) is 56.3 Å². The number of benzene rings is 2. The number of aliphatic hydroxyl groups is 1. The predicted octanol–water partition coefficient (Wildman–Crippen LogP) is 5.36. The van der Waals surface area contributed by atoms with Crippen LogP contribution in [0.4, 0.5) is 16.6 Å². The molecule has 4 aromatic rings. The largest absolute Gasteiger partial charge is 0.436 e. The topological polar surface area (TPSA) is 83.4 Å². The summed E-state index contributed by atoms with van der Waals surface area (Å²) in [5.41, 5.74) is 1.08. The van der Waals surface area contributed by atoms with Crippen LogP contribution in [-0.4, -0.2) is 38.2 Å². The van der Waals surface area contributed by atoms with Crippen LogP contribution in [0.1, 0.15) is 26.7 Å². The number of hydrogen-bond acceptors (Lipinski definition) is 8. The van der Waals surface area contributed by atoms with Crippen molar-refractivity contribution in [1.82, 2.24) is 15.0 Å². The molecule has 1 atom stereocenters. The standard InChI is InChI=1S/C24H25N5O2S/c1-24(2,30)20-8-5-15-29(20)21-22(26-14-13-25-21)31-17-11-9-16(10-12-17)27-23-28-18-6-3-4-7-19(18)32-23/h3-4,6-7,9-14,20,30H,5,8,15H2,1-2H3,(H,27,28). The summed E-state index contributed by atoms with van der Waals surface area (Å²) in [5, 5.41) is 14.8. The van der Waals surface area contributed by atoms with Gasteiger partial charge in [0.15, 0.2) is 10.9 Å². The van der Waals surface area contributed by atoms with Gasteiger partial charge in [0, 0.05) is 24.6 Å². The van der Waals surface area contributed by atoms with Crippen molar-refractivity contribution >= 4 is 38.2 Å². The van der Waals surface area contributed by atoms with E-state index in [1.165, 1.54) is 0 Å². The quantitative estimate of drug-likeness (QED) is 0.411. The summed E-state index contributed by atoms with van der Waals surface area (Å²) in [6, 6.07) is 15.7. The van der Waals surface area contributed by atoms with Gasteiger partial charge in [0.25, 0.3) is 5.88 Å². The fourth-order valence-electron chi connectivity index (χ4n) is 4.11. The van der Waals surface area contributed by atoms with Gasteiger partial charge in [-0.2, -0.15) is 0 Å². The first kappa shape index (κ1) is 20.7. The highest BCUT2D eigenvalue weighted by molar-refractivity contribution is 7.22. The average Bonchev–Trinajstić information content (AvgIpc) is 3.42. The van der Waals surface area contributed by atoms with Crippen molar-refractivity contribution in [3.63, 3.8) is 0 Å². The number of ether oxygens (including phenoxy) is 1. The van der Waals surface area contributed by atoms with Gasteiger partial charge in [0.05, 0.1) is 21.9 Å². The maximum Gasteiger partial charge on any atom is 0.263 e. The number of para-hydroxylation sites is 1. The lowest BCUT2D eigenvalue weighted by atomic mass is 9.97. The van der Waals surface area contributed by atoms with Crippen LogP contribution in [0.25, 0.3) is 10.2 Å². The monoisotopic (exact) mass is 447 g/mol. The summed E-state index contributed by atoms with van der Waals surface area (Å²) in [6.45, 7) is 4.49. The van der Waals surface area contributed by atoms with Gasteiger partial charge >= 0.3 is 0 Å². The summed E-state index contributed by atoms with van der Waals surface area (Å²) < 4.78 is 7.25. The lowest BCUT2D eigenvalue weighted by Gasteiger charge is -2.34. The third-order valence-electron chi connectivity index (χ3n) is 5.60. The van der Waals surface area contributed by atoms with Crippen LogP contribution in [-0.2, 0) is 0 Å². The molecule has 0 amide bonds. The Kier molecular flexibility index (Phi) is 5.40. The zero-order valence-electron chi connectivity index (χ0n) is 18.0. The molecule has 3 heterocycles. The van der Waals surface area contributed by atoms with Crippen molar-refractivity contribution < 1.29 is 9.84 Å². The number of aromatic nitrogens is 3. The van der Waals surface area contributed by atoms with E-state index in [4.69, 9.17) is 4.74 Å².